The molecule has 2 fully saturated rings. The van der Waals surface area contributed by atoms with Gasteiger partial charge >= 0.3 is 0 Å². The summed E-state index contributed by atoms with van der Waals surface area (Å²) in [4.78, 5) is 0. The highest BCUT2D eigenvalue weighted by Gasteiger charge is 2.52. The van der Waals surface area contributed by atoms with Gasteiger partial charge < -0.3 is 5.32 Å². The topological polar surface area (TPSA) is 12.0 Å². The third-order valence-corrected chi connectivity index (χ3v) is 3.81. The molecule has 0 amide bonds. The first-order valence-electron chi connectivity index (χ1n) is 3.66. The van der Waals surface area contributed by atoms with Gasteiger partial charge in [0.2, 0.25) is 0 Å². The van der Waals surface area contributed by atoms with Gasteiger partial charge in [0.05, 0.1) is 0 Å². The molecule has 1 aliphatic heterocycles. The summed E-state index contributed by atoms with van der Waals surface area (Å²) in [6.45, 7) is 1.26. The van der Waals surface area contributed by atoms with Crippen molar-refractivity contribution in [3.05, 3.63) is 0 Å². The van der Waals surface area contributed by atoms with Crippen molar-refractivity contribution in [2.24, 2.45) is 17.8 Å². The summed E-state index contributed by atoms with van der Waals surface area (Å²) in [5.41, 5.74) is 0. The Bertz CT molecular complexity index is 105. The second-order valence-electron chi connectivity index (χ2n) is 3.09. The fourth-order valence-electron chi connectivity index (χ4n) is 1.90. The molecule has 1 saturated carbocycles. The maximum Gasteiger partial charge on any atom is -0.00174 e. The Morgan fingerprint density at radius 3 is 2.67 bits per heavy atom. The van der Waals surface area contributed by atoms with Crippen molar-refractivity contribution in [1.29, 1.82) is 0 Å². The van der Waals surface area contributed by atoms with Crippen molar-refractivity contribution in [1.82, 2.24) is 5.32 Å². The Morgan fingerprint density at radius 1 is 1.44 bits per heavy atom. The fourth-order valence-corrected chi connectivity index (χ4v) is 3.57. The van der Waals surface area contributed by atoms with E-state index in [1.54, 1.807) is 0 Å². The largest absolute Gasteiger partial charge is 0.319 e. The van der Waals surface area contributed by atoms with E-state index in [0.717, 1.165) is 17.8 Å². The van der Waals surface area contributed by atoms with Crippen LogP contribution in [-0.4, -0.2) is 25.1 Å². The zero-order valence-electron chi connectivity index (χ0n) is 5.76. The van der Waals surface area contributed by atoms with Crippen LogP contribution in [0.25, 0.3) is 0 Å². The summed E-state index contributed by atoms with van der Waals surface area (Å²) < 4.78 is 0. The van der Waals surface area contributed by atoms with Crippen molar-refractivity contribution >= 4 is 11.8 Å². The van der Waals surface area contributed by atoms with E-state index in [4.69, 9.17) is 0 Å². The second kappa shape index (κ2) is 2.17. The van der Waals surface area contributed by atoms with Gasteiger partial charge in [0.25, 0.3) is 0 Å². The molecule has 0 aromatic carbocycles. The first-order chi connectivity index (χ1) is 4.43. The van der Waals surface area contributed by atoms with Gasteiger partial charge in [-0.05, 0) is 42.9 Å². The highest BCUT2D eigenvalue weighted by atomic mass is 32.2. The van der Waals surface area contributed by atoms with Gasteiger partial charge in [-0.2, -0.15) is 11.8 Å². The van der Waals surface area contributed by atoms with E-state index in [2.05, 4.69) is 24.1 Å². The highest BCUT2D eigenvalue weighted by molar-refractivity contribution is 7.99. The molecule has 1 N–H and O–H groups in total. The minimum Gasteiger partial charge on any atom is -0.319 e. The van der Waals surface area contributed by atoms with E-state index in [1.807, 2.05) is 0 Å². The van der Waals surface area contributed by atoms with Crippen LogP contribution >= 0.6 is 11.8 Å². The van der Waals surface area contributed by atoms with Gasteiger partial charge in [-0.3, -0.25) is 0 Å². The average molecular weight is 143 g/mol. The molecule has 1 nitrogen and oxygen atoms in total. The van der Waals surface area contributed by atoms with Crippen LogP contribution in [0.15, 0.2) is 0 Å². The maximum absolute atomic E-state index is 3.25. The molecule has 1 saturated heterocycles. The fraction of sp³-hybridized carbons (Fsp3) is 1.00. The minimum atomic E-state index is 1.05. The van der Waals surface area contributed by atoms with Crippen molar-refractivity contribution in [3.63, 3.8) is 0 Å². The summed E-state index contributed by atoms with van der Waals surface area (Å²) >= 11 is 2.13. The molecule has 1 aliphatic carbocycles. The molecule has 0 radical (unpaired) electrons. The van der Waals surface area contributed by atoms with Crippen LogP contribution in [0.5, 0.6) is 0 Å². The molecule has 0 bridgehead atoms. The maximum atomic E-state index is 3.25. The normalized spacial score (nSPS) is 47.0. The van der Waals surface area contributed by atoms with Gasteiger partial charge in [0.1, 0.15) is 0 Å². The Morgan fingerprint density at radius 2 is 2.11 bits per heavy atom. The van der Waals surface area contributed by atoms with Gasteiger partial charge in [0, 0.05) is 0 Å². The van der Waals surface area contributed by atoms with E-state index in [-0.39, 0.29) is 0 Å². The third-order valence-electron chi connectivity index (χ3n) is 2.57. The first-order valence-corrected chi connectivity index (χ1v) is 4.81. The van der Waals surface area contributed by atoms with Crippen LogP contribution in [-0.2, 0) is 0 Å². The number of hydrogen-bond donors (Lipinski definition) is 1. The molecule has 2 atom stereocenters. The molecular formula is C7H13NS. The quantitative estimate of drug-likeness (QED) is 0.614. The standard InChI is InChI=1S/C7H13NS/c1-8-2-5-6-3-9-4-7(5)6/h5-8H,2-4H2,1H3. The summed E-state index contributed by atoms with van der Waals surface area (Å²) in [5.74, 6) is 6.13. The van der Waals surface area contributed by atoms with Crippen LogP contribution in [0.1, 0.15) is 0 Å². The van der Waals surface area contributed by atoms with Gasteiger partial charge in [-0.15, -0.1) is 0 Å². The Hall–Kier alpha value is 0.310. The lowest BCUT2D eigenvalue weighted by molar-refractivity contribution is 0.656. The molecule has 9 heavy (non-hydrogen) atoms. The van der Waals surface area contributed by atoms with E-state index in [0.29, 0.717) is 0 Å². The van der Waals surface area contributed by atoms with E-state index >= 15 is 0 Å². The molecule has 2 aliphatic rings. The number of thioether (sulfide) groups is 1. The Labute approximate surface area is 60.6 Å². The van der Waals surface area contributed by atoms with Crippen molar-refractivity contribution in [3.8, 4) is 0 Å². The number of nitrogens with one attached hydrogen (secondary N) is 1. The summed E-state index contributed by atoms with van der Waals surface area (Å²) in [7, 11) is 2.06. The van der Waals surface area contributed by atoms with Crippen LogP contribution < -0.4 is 5.32 Å². The van der Waals surface area contributed by atoms with Gasteiger partial charge in [-0.25, -0.2) is 0 Å². The molecule has 2 rings (SSSR count). The van der Waals surface area contributed by atoms with E-state index in [9.17, 15) is 0 Å². The lowest BCUT2D eigenvalue weighted by atomic mass is 10.3. The number of fused-ring (bicyclic) bond motifs is 1. The monoisotopic (exact) mass is 143 g/mol. The molecule has 0 aromatic rings. The molecule has 2 unspecified atom stereocenters. The van der Waals surface area contributed by atoms with Crippen LogP contribution in [0, 0.1) is 17.8 Å². The van der Waals surface area contributed by atoms with E-state index < -0.39 is 0 Å². The minimum absolute atomic E-state index is 1.05. The summed E-state index contributed by atoms with van der Waals surface area (Å²) in [5, 5.41) is 3.25. The van der Waals surface area contributed by atoms with E-state index in [1.165, 1.54) is 18.1 Å². The molecule has 1 heterocycles. The Kier molecular flexibility index (Phi) is 1.46. The SMILES string of the molecule is CNCC1C2CSCC12. The van der Waals surface area contributed by atoms with Crippen LogP contribution in [0.2, 0.25) is 0 Å². The molecule has 2 heteroatoms. The second-order valence-corrected chi connectivity index (χ2v) is 4.16. The Balaban J connectivity index is 1.81. The highest BCUT2D eigenvalue weighted by Crippen LogP contribution is 2.54. The zero-order chi connectivity index (χ0) is 6.27. The molecule has 52 valence electrons. The summed E-state index contributed by atoms with van der Waals surface area (Å²) in [6.07, 6.45) is 0. The third kappa shape index (κ3) is 0.887. The lowest BCUT2D eigenvalue weighted by Crippen LogP contribution is -2.12. The van der Waals surface area contributed by atoms with Crippen LogP contribution in [0.3, 0.4) is 0 Å². The molecular weight excluding hydrogens is 130 g/mol. The van der Waals surface area contributed by atoms with Crippen molar-refractivity contribution < 1.29 is 0 Å². The number of hydrogen-bond acceptors (Lipinski definition) is 2. The summed E-state index contributed by atoms with van der Waals surface area (Å²) in [6, 6.07) is 0. The predicted octanol–water partition coefficient (Wildman–Crippen LogP) is 0.815. The zero-order valence-corrected chi connectivity index (χ0v) is 6.58. The smallest absolute Gasteiger partial charge is 0.00174 e. The number of rotatable bonds is 2. The van der Waals surface area contributed by atoms with Crippen molar-refractivity contribution in [2.45, 2.75) is 0 Å². The predicted molar refractivity (Wildman–Crippen MR) is 41.7 cm³/mol. The first kappa shape index (κ1) is 6.05. The lowest BCUT2D eigenvalue weighted by Gasteiger charge is -1.99. The molecule has 0 spiro atoms. The van der Waals surface area contributed by atoms with Gasteiger partial charge in [0.15, 0.2) is 0 Å². The average Bonchev–Trinajstić information content (AvgIpc) is 2.39. The van der Waals surface area contributed by atoms with Crippen molar-refractivity contribution in [2.75, 3.05) is 25.1 Å². The molecule has 0 aromatic heterocycles. The van der Waals surface area contributed by atoms with Gasteiger partial charge in [-0.1, -0.05) is 0 Å². The van der Waals surface area contributed by atoms with Crippen LogP contribution in [0.4, 0.5) is 0 Å².